The van der Waals surface area contributed by atoms with Crippen molar-refractivity contribution in [3.63, 3.8) is 0 Å². The zero-order valence-corrected chi connectivity index (χ0v) is 14.7. The minimum absolute atomic E-state index is 0.0666. The second-order valence-corrected chi connectivity index (χ2v) is 5.96. The maximum Gasteiger partial charge on any atom is 0.274 e. The van der Waals surface area contributed by atoms with Gasteiger partial charge in [-0.05, 0) is 43.7 Å². The number of hydrogen-bond acceptors (Lipinski definition) is 7. The van der Waals surface area contributed by atoms with Gasteiger partial charge in [0.05, 0.1) is 11.3 Å². The van der Waals surface area contributed by atoms with E-state index in [2.05, 4.69) is 15.5 Å². The van der Waals surface area contributed by atoms with Gasteiger partial charge in [0.25, 0.3) is 5.91 Å². The molecule has 4 N–H and O–H groups in total. The fraction of sp³-hybridized carbons (Fsp3) is 0.105. The van der Waals surface area contributed by atoms with Crippen LogP contribution in [0, 0.1) is 30.6 Å². The number of aryl methyl sites for hydroxylation is 2. The van der Waals surface area contributed by atoms with Crippen molar-refractivity contribution in [1.82, 2.24) is 10.1 Å². The van der Waals surface area contributed by atoms with Crippen LogP contribution in [0.2, 0.25) is 0 Å². The number of aromatic nitrogens is 2. The normalized spacial score (nSPS) is 10.3. The molecule has 8 nitrogen and oxygen atoms in total. The third-order valence-corrected chi connectivity index (χ3v) is 3.88. The number of nitriles is 1. The predicted octanol–water partition coefficient (Wildman–Crippen LogP) is 2.81. The molecule has 27 heavy (non-hydrogen) atoms. The summed E-state index contributed by atoms with van der Waals surface area (Å²) in [5.41, 5.74) is 9.12. The summed E-state index contributed by atoms with van der Waals surface area (Å²) in [5.74, 6) is -0.137. The van der Waals surface area contributed by atoms with Gasteiger partial charge in [-0.25, -0.2) is 4.98 Å². The Morgan fingerprint density at radius 2 is 2.07 bits per heavy atom. The molecule has 134 valence electrons. The number of carbonyl (C=O) groups is 1. The summed E-state index contributed by atoms with van der Waals surface area (Å²) in [6.07, 6.45) is 1.35. The Hall–Kier alpha value is -3.99. The topological polar surface area (TPSA) is 142 Å². The molecule has 0 unspecified atom stereocenters. The Morgan fingerprint density at radius 1 is 1.30 bits per heavy atom. The van der Waals surface area contributed by atoms with Crippen molar-refractivity contribution in [3.8, 4) is 6.07 Å². The Bertz CT molecular complexity index is 1090. The Labute approximate surface area is 155 Å². The highest BCUT2D eigenvalue weighted by molar-refractivity contribution is 6.13. The maximum atomic E-state index is 12.5. The van der Waals surface area contributed by atoms with Gasteiger partial charge in [-0.15, -0.1) is 0 Å². The van der Waals surface area contributed by atoms with E-state index in [0.717, 1.165) is 0 Å². The molecular weight excluding hydrogens is 344 g/mol. The first kappa shape index (κ1) is 17.8. The number of amides is 1. The Balaban J connectivity index is 1.87. The third kappa shape index (κ3) is 3.67. The molecule has 1 aromatic carbocycles. The van der Waals surface area contributed by atoms with Crippen LogP contribution < -0.4 is 11.1 Å². The van der Waals surface area contributed by atoms with Gasteiger partial charge in [-0.1, -0.05) is 5.16 Å². The molecule has 8 heteroatoms. The summed E-state index contributed by atoms with van der Waals surface area (Å²) in [6, 6.07) is 10.0. The first-order chi connectivity index (χ1) is 12.9. The van der Waals surface area contributed by atoms with Gasteiger partial charge in [-0.2, -0.15) is 5.26 Å². The van der Waals surface area contributed by atoms with Crippen LogP contribution in [0.25, 0.3) is 0 Å². The quantitative estimate of drug-likeness (QED) is 0.482. The van der Waals surface area contributed by atoms with E-state index >= 15 is 0 Å². The summed E-state index contributed by atoms with van der Waals surface area (Å²) in [7, 11) is 0. The first-order valence-electron chi connectivity index (χ1n) is 7.99. The van der Waals surface area contributed by atoms with Gasteiger partial charge in [0, 0.05) is 29.2 Å². The van der Waals surface area contributed by atoms with Crippen molar-refractivity contribution in [2.45, 2.75) is 13.8 Å². The summed E-state index contributed by atoms with van der Waals surface area (Å²) in [6.45, 7) is 3.46. The molecule has 2 aromatic heterocycles. The van der Waals surface area contributed by atoms with Gasteiger partial charge in [0.2, 0.25) is 0 Å². The van der Waals surface area contributed by atoms with Crippen LogP contribution in [-0.2, 0) is 0 Å². The van der Waals surface area contributed by atoms with Crippen LogP contribution in [-0.4, -0.2) is 21.8 Å². The van der Waals surface area contributed by atoms with Crippen molar-refractivity contribution in [1.29, 1.82) is 10.7 Å². The highest BCUT2D eigenvalue weighted by Crippen LogP contribution is 2.22. The molecule has 0 fully saturated rings. The molecule has 0 bridgehead atoms. The van der Waals surface area contributed by atoms with Crippen molar-refractivity contribution < 1.29 is 9.32 Å². The van der Waals surface area contributed by atoms with Gasteiger partial charge in [-0.3, -0.25) is 10.2 Å². The summed E-state index contributed by atoms with van der Waals surface area (Å²) in [5, 5.41) is 23.7. The van der Waals surface area contributed by atoms with Crippen LogP contribution in [0.3, 0.4) is 0 Å². The SMILES string of the molecule is Cc1cc(C(=N)c2cc(NC(=O)c3ncc(C#N)cc3C)ccc2N)on1. The molecule has 3 aromatic rings. The van der Waals surface area contributed by atoms with Gasteiger partial charge in [0.1, 0.15) is 17.5 Å². The lowest BCUT2D eigenvalue weighted by Crippen LogP contribution is -2.16. The maximum absolute atomic E-state index is 12.5. The van der Waals surface area contributed by atoms with E-state index in [1.165, 1.54) is 6.20 Å². The second kappa shape index (κ2) is 7.09. The fourth-order valence-corrected chi connectivity index (χ4v) is 2.53. The van der Waals surface area contributed by atoms with Crippen molar-refractivity contribution in [2.75, 3.05) is 11.1 Å². The van der Waals surface area contributed by atoms with Crippen molar-refractivity contribution in [3.05, 3.63) is 70.4 Å². The molecule has 0 aliphatic heterocycles. The lowest BCUT2D eigenvalue weighted by atomic mass is 10.0. The average Bonchev–Trinajstić information content (AvgIpc) is 3.08. The number of hydrogen-bond donors (Lipinski definition) is 3. The van der Waals surface area contributed by atoms with E-state index in [1.54, 1.807) is 44.2 Å². The Morgan fingerprint density at radius 3 is 2.70 bits per heavy atom. The van der Waals surface area contributed by atoms with E-state index in [-0.39, 0.29) is 17.2 Å². The zero-order chi connectivity index (χ0) is 19.6. The minimum atomic E-state index is -0.422. The predicted molar refractivity (Wildman–Crippen MR) is 99.7 cm³/mol. The summed E-state index contributed by atoms with van der Waals surface area (Å²) in [4.78, 5) is 16.5. The smallest absolute Gasteiger partial charge is 0.274 e. The number of carbonyl (C=O) groups excluding carboxylic acids is 1. The number of nitrogens with one attached hydrogen (secondary N) is 2. The van der Waals surface area contributed by atoms with E-state index in [1.807, 2.05) is 6.07 Å². The minimum Gasteiger partial charge on any atom is -0.398 e. The number of anilines is 2. The van der Waals surface area contributed by atoms with Crippen LogP contribution in [0.1, 0.15) is 38.6 Å². The van der Waals surface area contributed by atoms with E-state index in [4.69, 9.17) is 20.9 Å². The zero-order valence-electron chi connectivity index (χ0n) is 14.7. The number of pyridine rings is 1. The molecule has 2 heterocycles. The molecular formula is C19H16N6O2. The standard InChI is InChI=1S/C19H16N6O2/c1-10-5-12(8-20)9-23-18(10)19(26)24-13-3-4-15(21)14(7-13)17(22)16-6-11(2)25-27-16/h3-7,9,22H,21H2,1-2H3,(H,24,26). The number of rotatable bonds is 4. The molecule has 0 spiro atoms. The molecule has 0 atom stereocenters. The molecule has 3 rings (SSSR count). The first-order valence-corrected chi connectivity index (χ1v) is 7.99. The van der Waals surface area contributed by atoms with Crippen LogP contribution in [0.4, 0.5) is 11.4 Å². The third-order valence-electron chi connectivity index (χ3n) is 3.88. The lowest BCUT2D eigenvalue weighted by molar-refractivity contribution is 0.102. The van der Waals surface area contributed by atoms with Gasteiger partial charge >= 0.3 is 0 Å². The van der Waals surface area contributed by atoms with Crippen LogP contribution >= 0.6 is 0 Å². The van der Waals surface area contributed by atoms with E-state index in [0.29, 0.717) is 33.8 Å². The van der Waals surface area contributed by atoms with Crippen molar-refractivity contribution in [2.24, 2.45) is 0 Å². The molecule has 0 aliphatic rings. The molecule has 0 saturated heterocycles. The van der Waals surface area contributed by atoms with Crippen LogP contribution in [0.15, 0.2) is 41.1 Å². The van der Waals surface area contributed by atoms with Gasteiger partial charge in [0.15, 0.2) is 5.76 Å². The van der Waals surface area contributed by atoms with E-state index < -0.39 is 5.91 Å². The number of nitrogens with zero attached hydrogens (tertiary/aromatic N) is 3. The van der Waals surface area contributed by atoms with Gasteiger partial charge < -0.3 is 15.6 Å². The largest absolute Gasteiger partial charge is 0.398 e. The molecule has 0 saturated carbocycles. The number of nitrogen functional groups attached to an aromatic ring is 1. The fourth-order valence-electron chi connectivity index (χ4n) is 2.53. The van der Waals surface area contributed by atoms with E-state index in [9.17, 15) is 4.79 Å². The Kier molecular flexibility index (Phi) is 4.68. The summed E-state index contributed by atoms with van der Waals surface area (Å²) < 4.78 is 5.11. The number of nitrogens with two attached hydrogens (primary N) is 1. The number of benzene rings is 1. The monoisotopic (exact) mass is 360 g/mol. The molecule has 0 radical (unpaired) electrons. The highest BCUT2D eigenvalue weighted by Gasteiger charge is 2.16. The molecule has 1 amide bonds. The average molecular weight is 360 g/mol. The van der Waals surface area contributed by atoms with Crippen molar-refractivity contribution >= 4 is 23.0 Å². The highest BCUT2D eigenvalue weighted by atomic mass is 16.5. The second-order valence-electron chi connectivity index (χ2n) is 5.96. The summed E-state index contributed by atoms with van der Waals surface area (Å²) >= 11 is 0. The lowest BCUT2D eigenvalue weighted by Gasteiger charge is -2.10. The van der Waals surface area contributed by atoms with Crippen LogP contribution in [0.5, 0.6) is 0 Å². The molecule has 0 aliphatic carbocycles.